The Morgan fingerprint density at radius 2 is 1.69 bits per heavy atom. The van der Waals surface area contributed by atoms with Crippen LogP contribution >= 0.6 is 0 Å². The molecule has 0 aliphatic heterocycles. The van der Waals surface area contributed by atoms with Gasteiger partial charge >= 0.3 is 51.4 Å². The molecule has 0 saturated heterocycles. The molecular weight excluding hydrogens is 285 g/mol. The summed E-state index contributed by atoms with van der Waals surface area (Å²) in [6, 6.07) is 2.27. The smallest absolute Gasteiger partial charge is 0.744 e. The second-order valence-corrected chi connectivity index (χ2v) is 5.40. The standard InChI is InChI=1S/C6H7NO6S2.K/c7-5-2-1-4(14(8,9)10)3-6(5)15(11,12)13;/h1-3H,7H2,(H,8,9,10)(H,11,12,13);/q;+1/p-1. The van der Waals surface area contributed by atoms with Crippen LogP contribution in [-0.2, 0) is 20.2 Å². The molecule has 1 aromatic rings. The largest absolute Gasteiger partial charge is 1.00 e. The molecule has 0 spiro atoms. The number of anilines is 1. The fourth-order valence-corrected chi connectivity index (χ4v) is 2.11. The summed E-state index contributed by atoms with van der Waals surface area (Å²) in [4.78, 5) is -1.58. The van der Waals surface area contributed by atoms with E-state index in [1.54, 1.807) is 0 Å². The molecular formula is C6H6KNO6S2. The predicted molar refractivity (Wildman–Crippen MR) is 48.6 cm³/mol. The third-order valence-corrected chi connectivity index (χ3v) is 3.29. The quantitative estimate of drug-likeness (QED) is 0.326. The minimum Gasteiger partial charge on any atom is -0.744 e. The Morgan fingerprint density at radius 1 is 1.19 bits per heavy atom. The zero-order chi connectivity index (χ0) is 11.9. The van der Waals surface area contributed by atoms with Crippen LogP contribution in [0.5, 0.6) is 0 Å². The predicted octanol–water partition coefficient (Wildman–Crippen LogP) is -3.58. The average Bonchev–Trinajstić information content (AvgIpc) is 2.00. The molecule has 0 unspecified atom stereocenters. The summed E-state index contributed by atoms with van der Waals surface area (Å²) in [6.07, 6.45) is 0. The maximum absolute atomic E-state index is 10.7. The van der Waals surface area contributed by atoms with E-state index >= 15 is 0 Å². The van der Waals surface area contributed by atoms with Crippen molar-refractivity contribution in [3.05, 3.63) is 18.2 Å². The minimum atomic E-state index is -4.78. The summed E-state index contributed by atoms with van der Waals surface area (Å²) in [6.45, 7) is 0. The van der Waals surface area contributed by atoms with Crippen LogP contribution < -0.4 is 57.1 Å². The summed E-state index contributed by atoms with van der Waals surface area (Å²) < 4.78 is 61.7. The molecule has 0 heterocycles. The van der Waals surface area contributed by atoms with Gasteiger partial charge in [-0.25, -0.2) is 8.42 Å². The van der Waals surface area contributed by atoms with E-state index < -0.39 is 30.0 Å². The molecule has 16 heavy (non-hydrogen) atoms. The third kappa shape index (κ3) is 4.05. The minimum absolute atomic E-state index is 0. The van der Waals surface area contributed by atoms with Crippen LogP contribution in [0.25, 0.3) is 0 Å². The SMILES string of the molecule is Nc1ccc(S(=O)(=O)[O-])cc1S(=O)(=O)O.[K+]. The molecule has 0 amide bonds. The number of hydrogen-bond donors (Lipinski definition) is 2. The van der Waals surface area contributed by atoms with Gasteiger partial charge in [0.05, 0.1) is 10.6 Å². The molecule has 0 atom stereocenters. The first-order valence-electron chi connectivity index (χ1n) is 3.45. The van der Waals surface area contributed by atoms with Gasteiger partial charge in [-0.3, -0.25) is 4.55 Å². The van der Waals surface area contributed by atoms with Crippen LogP contribution in [0.1, 0.15) is 0 Å². The fraction of sp³-hybridized carbons (Fsp3) is 0. The summed E-state index contributed by atoms with van der Waals surface area (Å²) in [5.41, 5.74) is 4.84. The van der Waals surface area contributed by atoms with Crippen molar-refractivity contribution in [2.45, 2.75) is 9.79 Å². The van der Waals surface area contributed by atoms with Crippen molar-refractivity contribution in [3.63, 3.8) is 0 Å². The Bertz CT molecular complexity index is 593. The Balaban J connectivity index is 0.00000225. The first kappa shape index (κ1) is 16.5. The van der Waals surface area contributed by atoms with Gasteiger partial charge in [-0.1, -0.05) is 0 Å². The van der Waals surface area contributed by atoms with E-state index in [2.05, 4.69) is 0 Å². The van der Waals surface area contributed by atoms with Crippen LogP contribution in [0.2, 0.25) is 0 Å². The molecule has 0 aliphatic carbocycles. The van der Waals surface area contributed by atoms with Crippen LogP contribution in [0.4, 0.5) is 5.69 Å². The summed E-state index contributed by atoms with van der Waals surface area (Å²) in [5, 5.41) is 0. The molecule has 10 heteroatoms. The number of benzene rings is 1. The van der Waals surface area contributed by atoms with Crippen molar-refractivity contribution >= 4 is 25.9 Å². The second-order valence-electron chi connectivity index (χ2n) is 2.63. The van der Waals surface area contributed by atoms with Gasteiger partial charge in [-0.15, -0.1) is 0 Å². The van der Waals surface area contributed by atoms with Crippen molar-refractivity contribution < 1.29 is 77.3 Å². The molecule has 1 rings (SSSR count). The van der Waals surface area contributed by atoms with Gasteiger partial charge in [0.2, 0.25) is 0 Å². The molecule has 0 bridgehead atoms. The molecule has 0 aromatic heterocycles. The Labute approximate surface area is 135 Å². The normalized spacial score (nSPS) is 11.9. The van der Waals surface area contributed by atoms with E-state index in [0.717, 1.165) is 12.1 Å². The van der Waals surface area contributed by atoms with Crippen LogP contribution in [0.3, 0.4) is 0 Å². The average molecular weight is 291 g/mol. The van der Waals surface area contributed by atoms with Gasteiger partial charge in [0, 0.05) is 0 Å². The van der Waals surface area contributed by atoms with Crippen LogP contribution in [-0.4, -0.2) is 25.9 Å². The topological polar surface area (TPSA) is 138 Å². The molecule has 84 valence electrons. The molecule has 0 saturated carbocycles. The first-order chi connectivity index (χ1) is 6.62. The molecule has 0 radical (unpaired) electrons. The Hall–Kier alpha value is 0.476. The zero-order valence-corrected chi connectivity index (χ0v) is 12.9. The van der Waals surface area contributed by atoms with E-state index in [1.165, 1.54) is 0 Å². The van der Waals surface area contributed by atoms with E-state index in [1.807, 2.05) is 0 Å². The van der Waals surface area contributed by atoms with E-state index in [-0.39, 0.29) is 57.1 Å². The number of rotatable bonds is 2. The van der Waals surface area contributed by atoms with Gasteiger partial charge in [-0.2, -0.15) is 8.42 Å². The van der Waals surface area contributed by atoms with E-state index in [0.29, 0.717) is 6.07 Å². The van der Waals surface area contributed by atoms with Gasteiger partial charge < -0.3 is 10.3 Å². The Morgan fingerprint density at radius 3 is 2.06 bits per heavy atom. The number of nitrogens with two attached hydrogens (primary N) is 1. The molecule has 0 aliphatic rings. The molecule has 0 fully saturated rings. The molecule has 1 aromatic carbocycles. The van der Waals surface area contributed by atoms with Gasteiger partial charge in [0.1, 0.15) is 15.0 Å². The van der Waals surface area contributed by atoms with Crippen LogP contribution in [0, 0.1) is 0 Å². The third-order valence-electron chi connectivity index (χ3n) is 1.55. The van der Waals surface area contributed by atoms with Gasteiger partial charge in [0.25, 0.3) is 10.1 Å². The van der Waals surface area contributed by atoms with Crippen LogP contribution in [0.15, 0.2) is 28.0 Å². The maximum atomic E-state index is 10.7. The van der Waals surface area contributed by atoms with E-state index in [4.69, 9.17) is 10.3 Å². The van der Waals surface area contributed by atoms with Gasteiger partial charge in [-0.05, 0) is 18.2 Å². The maximum Gasteiger partial charge on any atom is 1.00 e. The summed E-state index contributed by atoms with van der Waals surface area (Å²) in [7, 11) is -9.43. The van der Waals surface area contributed by atoms with E-state index in [9.17, 15) is 21.4 Å². The molecule has 3 N–H and O–H groups in total. The second kappa shape index (κ2) is 5.41. The summed E-state index contributed by atoms with van der Waals surface area (Å²) >= 11 is 0. The number of hydrogen-bond acceptors (Lipinski definition) is 6. The summed E-state index contributed by atoms with van der Waals surface area (Å²) in [5.74, 6) is 0. The van der Waals surface area contributed by atoms with Crippen molar-refractivity contribution in [1.82, 2.24) is 0 Å². The van der Waals surface area contributed by atoms with Gasteiger partial charge in [0.15, 0.2) is 0 Å². The monoisotopic (exact) mass is 291 g/mol. The first-order valence-corrected chi connectivity index (χ1v) is 6.30. The molecule has 7 nitrogen and oxygen atoms in total. The zero-order valence-electron chi connectivity index (χ0n) is 8.11. The Kier molecular flexibility index (Phi) is 5.57. The van der Waals surface area contributed by atoms with Crippen molar-refractivity contribution in [2.24, 2.45) is 0 Å². The van der Waals surface area contributed by atoms with Crippen molar-refractivity contribution in [2.75, 3.05) is 5.73 Å². The number of nitrogen functional groups attached to an aromatic ring is 1. The van der Waals surface area contributed by atoms with Crippen molar-refractivity contribution in [3.8, 4) is 0 Å². The van der Waals surface area contributed by atoms with Crippen molar-refractivity contribution in [1.29, 1.82) is 0 Å². The fourth-order valence-electron chi connectivity index (χ4n) is 0.894.